The molecule has 2 amide bonds. The Balaban J connectivity index is 0.941. The maximum absolute atomic E-state index is 13.3. The summed E-state index contributed by atoms with van der Waals surface area (Å²) in [6.07, 6.45) is 6.12. The van der Waals surface area contributed by atoms with E-state index in [1.54, 1.807) is 0 Å². The Hall–Kier alpha value is -5.36. The number of amides is 2. The Labute approximate surface area is 282 Å². The van der Waals surface area contributed by atoms with Crippen LogP contribution in [0, 0.1) is 13.8 Å². The van der Waals surface area contributed by atoms with Gasteiger partial charge in [-0.05, 0) is 63.1 Å². The van der Waals surface area contributed by atoms with Crippen LogP contribution in [0.15, 0.2) is 109 Å². The third-order valence-electron chi connectivity index (χ3n) is 8.72. The number of rotatable bonds is 13. The number of carbonyl (C=O) groups is 2. The van der Waals surface area contributed by atoms with Crippen LogP contribution >= 0.6 is 0 Å². The highest BCUT2D eigenvalue weighted by Crippen LogP contribution is 2.27. The average Bonchev–Trinajstić information content (AvgIpc) is 3.11. The molecule has 6 nitrogen and oxygen atoms in total. The molecule has 6 heteroatoms. The molecule has 6 aromatic rings. The fourth-order valence-corrected chi connectivity index (χ4v) is 6.18. The van der Waals surface area contributed by atoms with Crippen molar-refractivity contribution in [2.75, 3.05) is 13.1 Å². The van der Waals surface area contributed by atoms with Crippen molar-refractivity contribution in [2.24, 2.45) is 0 Å². The van der Waals surface area contributed by atoms with Gasteiger partial charge in [0.1, 0.15) is 0 Å². The van der Waals surface area contributed by atoms with Gasteiger partial charge in [0.25, 0.3) is 11.8 Å². The Morgan fingerprint density at radius 2 is 0.917 bits per heavy atom. The van der Waals surface area contributed by atoms with Gasteiger partial charge in [-0.2, -0.15) is 0 Å². The number of benzene rings is 4. The summed E-state index contributed by atoms with van der Waals surface area (Å²) in [6.45, 7) is 5.39. The molecule has 0 atom stereocenters. The monoisotopic (exact) mass is 634 g/mol. The molecule has 0 fully saturated rings. The molecule has 0 aliphatic carbocycles. The molecule has 0 saturated carbocycles. The van der Waals surface area contributed by atoms with Crippen LogP contribution in [-0.4, -0.2) is 34.9 Å². The minimum atomic E-state index is -0.0637. The van der Waals surface area contributed by atoms with Gasteiger partial charge >= 0.3 is 0 Å². The van der Waals surface area contributed by atoms with Crippen molar-refractivity contribution < 1.29 is 9.59 Å². The maximum atomic E-state index is 13.3. The second-order valence-electron chi connectivity index (χ2n) is 12.5. The van der Waals surface area contributed by atoms with E-state index in [2.05, 4.69) is 48.7 Å². The first-order chi connectivity index (χ1) is 23.5. The highest BCUT2D eigenvalue weighted by Gasteiger charge is 2.15. The minimum Gasteiger partial charge on any atom is -0.352 e. The second-order valence-corrected chi connectivity index (χ2v) is 12.5. The predicted octanol–water partition coefficient (Wildman–Crippen LogP) is 9.23. The van der Waals surface area contributed by atoms with Gasteiger partial charge in [-0.25, -0.2) is 9.97 Å². The van der Waals surface area contributed by atoms with Crippen molar-refractivity contribution >= 4 is 33.6 Å². The van der Waals surface area contributed by atoms with Gasteiger partial charge in [-0.1, -0.05) is 110 Å². The number of aromatic nitrogens is 2. The zero-order valence-electron chi connectivity index (χ0n) is 27.8. The molecule has 0 unspecified atom stereocenters. The summed E-state index contributed by atoms with van der Waals surface area (Å²) in [5.74, 6) is -0.127. The van der Waals surface area contributed by atoms with Gasteiger partial charge in [0, 0.05) is 35.0 Å². The van der Waals surface area contributed by atoms with E-state index in [1.807, 2.05) is 84.9 Å². The molecule has 242 valence electrons. The molecule has 0 bridgehead atoms. The quantitative estimate of drug-likeness (QED) is 0.124. The van der Waals surface area contributed by atoms with Crippen molar-refractivity contribution in [2.45, 2.75) is 52.4 Å². The second kappa shape index (κ2) is 15.5. The maximum Gasteiger partial charge on any atom is 0.252 e. The largest absolute Gasteiger partial charge is 0.352 e. The average molecular weight is 635 g/mol. The fraction of sp³-hybridized carbons (Fsp3) is 0.238. The summed E-state index contributed by atoms with van der Waals surface area (Å²) in [5.41, 5.74) is 8.89. The van der Waals surface area contributed by atoms with E-state index >= 15 is 0 Å². The van der Waals surface area contributed by atoms with Crippen LogP contribution in [0.3, 0.4) is 0 Å². The van der Waals surface area contributed by atoms with Gasteiger partial charge < -0.3 is 10.6 Å². The fourth-order valence-electron chi connectivity index (χ4n) is 6.18. The molecule has 6 rings (SSSR count). The number of unbranched alkanes of at least 4 members (excludes halogenated alkanes) is 5. The van der Waals surface area contributed by atoms with Gasteiger partial charge in [0.05, 0.1) is 33.5 Å². The molecular formula is C42H42N4O2. The number of carbonyl (C=O) groups excluding carboxylic acids is 2. The zero-order chi connectivity index (χ0) is 33.3. The highest BCUT2D eigenvalue weighted by molar-refractivity contribution is 6.08. The minimum absolute atomic E-state index is 0.0637. The van der Waals surface area contributed by atoms with Crippen LogP contribution < -0.4 is 10.6 Å². The number of para-hydroxylation sites is 2. The molecule has 48 heavy (non-hydrogen) atoms. The zero-order valence-corrected chi connectivity index (χ0v) is 27.8. The van der Waals surface area contributed by atoms with Crippen LogP contribution in [0.25, 0.3) is 44.3 Å². The number of pyridine rings is 2. The van der Waals surface area contributed by atoms with Gasteiger partial charge in [0.15, 0.2) is 0 Å². The summed E-state index contributed by atoms with van der Waals surface area (Å²) in [5, 5.41) is 7.99. The number of fused-ring (bicyclic) bond motifs is 2. The molecule has 0 spiro atoms. The molecular weight excluding hydrogens is 592 g/mol. The summed E-state index contributed by atoms with van der Waals surface area (Å²) in [7, 11) is 0. The van der Waals surface area contributed by atoms with Gasteiger partial charge in [-0.15, -0.1) is 0 Å². The lowest BCUT2D eigenvalue weighted by Crippen LogP contribution is -2.25. The third-order valence-corrected chi connectivity index (χ3v) is 8.72. The number of aryl methyl sites for hydroxylation is 2. The van der Waals surface area contributed by atoms with Crippen LogP contribution in [0.5, 0.6) is 0 Å². The lowest BCUT2D eigenvalue weighted by molar-refractivity contribution is 0.0946. The highest BCUT2D eigenvalue weighted by atomic mass is 16.2. The van der Waals surface area contributed by atoms with Crippen molar-refractivity contribution in [3.8, 4) is 22.5 Å². The third kappa shape index (κ3) is 7.95. The number of hydrogen-bond donors (Lipinski definition) is 2. The lowest BCUT2D eigenvalue weighted by atomic mass is 10.0. The van der Waals surface area contributed by atoms with E-state index in [0.29, 0.717) is 24.2 Å². The first-order valence-electron chi connectivity index (χ1n) is 17.0. The molecule has 0 radical (unpaired) electrons. The molecule has 2 N–H and O–H groups in total. The Morgan fingerprint density at radius 3 is 1.35 bits per heavy atom. The topological polar surface area (TPSA) is 84.0 Å². The van der Waals surface area contributed by atoms with E-state index in [1.165, 1.54) is 0 Å². The van der Waals surface area contributed by atoms with Gasteiger partial charge in [-0.3, -0.25) is 9.59 Å². The first-order valence-corrected chi connectivity index (χ1v) is 17.0. The molecule has 0 aliphatic rings. The van der Waals surface area contributed by atoms with Crippen LogP contribution in [-0.2, 0) is 0 Å². The Bertz CT molecular complexity index is 1920. The van der Waals surface area contributed by atoms with E-state index in [9.17, 15) is 9.59 Å². The standard InChI is InChI=1S/C42H42N4O2/c1-29-15-13-17-31(25-29)39-27-35(33-19-7-9-21-37(33)45-39)41(47)43-23-11-5-3-4-6-12-24-44-42(48)36-28-40(32-18-14-16-30(2)26-32)46-38-22-10-8-20-34(36)38/h7-10,13-22,25-28H,3-6,11-12,23-24H2,1-2H3,(H,43,47)(H,44,48). The van der Waals surface area contributed by atoms with Crippen LogP contribution in [0.2, 0.25) is 0 Å². The normalized spacial score (nSPS) is 11.1. The van der Waals surface area contributed by atoms with Crippen molar-refractivity contribution in [1.29, 1.82) is 0 Å². The van der Waals surface area contributed by atoms with Gasteiger partial charge in [0.2, 0.25) is 0 Å². The van der Waals surface area contributed by atoms with Crippen molar-refractivity contribution in [3.63, 3.8) is 0 Å². The van der Waals surface area contributed by atoms with E-state index in [-0.39, 0.29) is 11.8 Å². The summed E-state index contributed by atoms with van der Waals surface area (Å²) in [6, 6.07) is 35.9. The van der Waals surface area contributed by atoms with Crippen molar-refractivity contribution in [1.82, 2.24) is 20.6 Å². The predicted molar refractivity (Wildman–Crippen MR) is 196 cm³/mol. The Kier molecular flexibility index (Phi) is 10.5. The van der Waals surface area contributed by atoms with E-state index in [4.69, 9.17) is 9.97 Å². The van der Waals surface area contributed by atoms with Crippen molar-refractivity contribution in [3.05, 3.63) is 131 Å². The molecule has 2 heterocycles. The molecule has 2 aromatic heterocycles. The summed E-state index contributed by atoms with van der Waals surface area (Å²) < 4.78 is 0. The van der Waals surface area contributed by atoms with Crippen LogP contribution in [0.4, 0.5) is 0 Å². The number of hydrogen-bond acceptors (Lipinski definition) is 4. The first kappa shape index (κ1) is 32.6. The molecule has 4 aromatic carbocycles. The smallest absolute Gasteiger partial charge is 0.252 e. The lowest BCUT2D eigenvalue weighted by Gasteiger charge is -2.11. The van der Waals surface area contributed by atoms with Crippen LogP contribution in [0.1, 0.15) is 70.4 Å². The molecule has 0 aliphatic heterocycles. The van der Waals surface area contributed by atoms with E-state index in [0.717, 1.165) is 94.0 Å². The SMILES string of the molecule is Cc1cccc(-c2cc(C(=O)NCCCCCCCCNC(=O)c3cc(-c4cccc(C)c4)nc4ccccc34)c3ccccc3n2)c1. The number of nitrogens with zero attached hydrogens (tertiary/aromatic N) is 2. The summed E-state index contributed by atoms with van der Waals surface area (Å²) in [4.78, 5) is 36.2. The van der Waals surface area contributed by atoms with E-state index < -0.39 is 0 Å². The molecule has 0 saturated heterocycles. The summed E-state index contributed by atoms with van der Waals surface area (Å²) >= 11 is 0. The Morgan fingerprint density at radius 1 is 0.500 bits per heavy atom. The number of nitrogens with one attached hydrogen (secondary N) is 2.